The van der Waals surface area contributed by atoms with E-state index in [1.165, 1.54) is 0 Å². The fourth-order valence-corrected chi connectivity index (χ4v) is 3.79. The third kappa shape index (κ3) is 3.64. The largest absolute Gasteiger partial charge is 0.493 e. The summed E-state index contributed by atoms with van der Waals surface area (Å²) in [7, 11) is 3.23. The average molecular weight is 372 g/mol. The Morgan fingerprint density at radius 3 is 2.52 bits per heavy atom. The molecule has 1 aromatic heterocycles. The number of carbonyl (C=O) groups excluding carboxylic acids is 1. The van der Waals surface area contributed by atoms with Crippen LogP contribution in [0.25, 0.3) is 0 Å². The van der Waals surface area contributed by atoms with Crippen LogP contribution in [0.3, 0.4) is 0 Å². The number of rotatable bonds is 6. The molecule has 2 heterocycles. The molecule has 1 aromatic carbocycles. The molecule has 0 spiro atoms. The summed E-state index contributed by atoms with van der Waals surface area (Å²) in [6.07, 6.45) is 5.01. The first-order valence-corrected chi connectivity index (χ1v) is 9.26. The lowest BCUT2D eigenvalue weighted by molar-refractivity contribution is -0.132. The van der Waals surface area contributed by atoms with Crippen LogP contribution >= 0.6 is 0 Å². The number of aryl methyl sites for hydroxylation is 1. The van der Waals surface area contributed by atoms with Crippen LogP contribution in [0.5, 0.6) is 11.5 Å². The highest BCUT2D eigenvalue weighted by Gasteiger charge is 2.42. The van der Waals surface area contributed by atoms with E-state index in [4.69, 9.17) is 9.47 Å². The van der Waals surface area contributed by atoms with Gasteiger partial charge in [-0.15, -0.1) is 0 Å². The lowest BCUT2D eigenvalue weighted by Gasteiger charge is -2.37. The minimum absolute atomic E-state index is 0.00520. The fraction of sp³-hybridized carbons (Fsp3) is 0.500. The number of aromatic nitrogens is 2. The van der Waals surface area contributed by atoms with Crippen LogP contribution in [0.2, 0.25) is 0 Å². The maximum atomic E-state index is 13.3. The first-order chi connectivity index (χ1) is 13.0. The Morgan fingerprint density at radius 1 is 1.26 bits per heavy atom. The van der Waals surface area contributed by atoms with Gasteiger partial charge in [-0.1, -0.05) is 0 Å². The Balaban J connectivity index is 1.86. The summed E-state index contributed by atoms with van der Waals surface area (Å²) in [4.78, 5) is 13.3. The molecule has 1 saturated heterocycles. The molecule has 7 heteroatoms. The molecular formula is C20H28N4O3. The molecule has 0 bridgehead atoms. The molecule has 2 aromatic rings. The van der Waals surface area contributed by atoms with Crippen LogP contribution in [-0.4, -0.2) is 43.0 Å². The van der Waals surface area contributed by atoms with Gasteiger partial charge in [-0.25, -0.2) is 0 Å². The van der Waals surface area contributed by atoms with E-state index in [2.05, 4.69) is 15.7 Å². The molecule has 1 amide bonds. The molecule has 0 saturated carbocycles. The number of benzene rings is 1. The summed E-state index contributed by atoms with van der Waals surface area (Å²) in [5.74, 6) is 1.33. The zero-order valence-corrected chi connectivity index (χ0v) is 16.4. The average Bonchev–Trinajstić information content (AvgIpc) is 3.23. The van der Waals surface area contributed by atoms with Crippen molar-refractivity contribution in [2.24, 2.45) is 0 Å². The number of carbonyl (C=O) groups is 1. The molecule has 1 unspecified atom stereocenters. The molecule has 1 atom stereocenters. The maximum absolute atomic E-state index is 13.3. The molecule has 1 aliphatic heterocycles. The second kappa shape index (κ2) is 8.00. The fourth-order valence-electron chi connectivity index (χ4n) is 3.79. The van der Waals surface area contributed by atoms with Crippen molar-refractivity contribution in [2.75, 3.05) is 27.3 Å². The quantitative estimate of drug-likeness (QED) is 0.813. The highest BCUT2D eigenvalue weighted by molar-refractivity contribution is 5.85. The Hall–Kier alpha value is -2.54. The summed E-state index contributed by atoms with van der Waals surface area (Å²) >= 11 is 0. The number of ether oxygens (including phenoxy) is 2. The van der Waals surface area contributed by atoms with Crippen molar-refractivity contribution in [3.63, 3.8) is 0 Å². The second-order valence-corrected chi connectivity index (χ2v) is 6.99. The zero-order chi connectivity index (χ0) is 19.4. The normalized spacial score (nSPS) is 17.2. The smallest absolute Gasteiger partial charge is 0.248 e. The van der Waals surface area contributed by atoms with Crippen molar-refractivity contribution in [3.05, 3.63) is 41.7 Å². The van der Waals surface area contributed by atoms with Crippen LogP contribution in [0, 0.1) is 6.92 Å². The monoisotopic (exact) mass is 372 g/mol. The lowest BCUT2D eigenvalue weighted by atomic mass is 9.86. The topological polar surface area (TPSA) is 77.4 Å². The van der Waals surface area contributed by atoms with Gasteiger partial charge in [0, 0.05) is 12.4 Å². The van der Waals surface area contributed by atoms with Crippen LogP contribution < -0.4 is 20.1 Å². The molecule has 27 heavy (non-hydrogen) atoms. The molecule has 1 aliphatic rings. The maximum Gasteiger partial charge on any atom is 0.248 e. The lowest BCUT2D eigenvalue weighted by Crippen LogP contribution is -2.55. The first-order valence-electron chi connectivity index (χ1n) is 9.26. The number of nitrogens with one attached hydrogen (secondary N) is 2. The van der Waals surface area contributed by atoms with E-state index in [0.717, 1.165) is 24.2 Å². The number of methoxy groups -OCH3 is 2. The molecule has 7 nitrogen and oxygen atoms in total. The van der Waals surface area contributed by atoms with Crippen molar-refractivity contribution in [1.82, 2.24) is 20.4 Å². The number of piperidine rings is 1. The molecular weight excluding hydrogens is 344 g/mol. The highest BCUT2D eigenvalue weighted by atomic mass is 16.5. The molecule has 1 fully saturated rings. The van der Waals surface area contributed by atoms with E-state index < -0.39 is 5.54 Å². The second-order valence-electron chi connectivity index (χ2n) is 6.99. The van der Waals surface area contributed by atoms with E-state index in [0.29, 0.717) is 24.3 Å². The number of hydrogen-bond donors (Lipinski definition) is 2. The molecule has 146 valence electrons. The van der Waals surface area contributed by atoms with Gasteiger partial charge >= 0.3 is 0 Å². The number of nitrogens with zero attached hydrogens (tertiary/aromatic N) is 2. The van der Waals surface area contributed by atoms with Gasteiger partial charge in [0.1, 0.15) is 5.54 Å². The third-order valence-electron chi connectivity index (χ3n) is 5.38. The zero-order valence-electron chi connectivity index (χ0n) is 16.4. The van der Waals surface area contributed by atoms with Crippen molar-refractivity contribution in [3.8, 4) is 11.5 Å². The van der Waals surface area contributed by atoms with Gasteiger partial charge in [0.25, 0.3) is 0 Å². The predicted octanol–water partition coefficient (Wildman–Crippen LogP) is 2.16. The standard InChI is InChI=1S/C20H28N4O3/c1-14-12-17(26-3)18(27-4)13-16(14)15(2)23-19(25)20(6-9-21-10-7-20)24-11-5-8-22-24/h5,8,11-13,15,21H,6-7,9-10H2,1-4H3,(H,23,25). The Bertz CT molecular complexity index is 783. The minimum atomic E-state index is -0.659. The van der Waals surface area contributed by atoms with Gasteiger partial charge in [-0.3, -0.25) is 9.48 Å². The van der Waals surface area contributed by atoms with Gasteiger partial charge in [0.05, 0.1) is 20.3 Å². The molecule has 0 aliphatic carbocycles. The van der Waals surface area contributed by atoms with Crippen molar-refractivity contribution < 1.29 is 14.3 Å². The van der Waals surface area contributed by atoms with Crippen LogP contribution in [-0.2, 0) is 10.3 Å². The van der Waals surface area contributed by atoms with E-state index in [-0.39, 0.29) is 11.9 Å². The van der Waals surface area contributed by atoms with Crippen LogP contribution in [0.15, 0.2) is 30.6 Å². The van der Waals surface area contributed by atoms with Gasteiger partial charge in [0.15, 0.2) is 11.5 Å². The van der Waals surface area contributed by atoms with E-state index in [9.17, 15) is 4.79 Å². The van der Waals surface area contributed by atoms with E-state index >= 15 is 0 Å². The van der Waals surface area contributed by atoms with Gasteiger partial charge in [-0.05, 0) is 69.1 Å². The summed E-state index contributed by atoms with van der Waals surface area (Å²) in [6, 6.07) is 5.56. The minimum Gasteiger partial charge on any atom is -0.493 e. The Morgan fingerprint density at radius 2 is 1.93 bits per heavy atom. The summed E-state index contributed by atoms with van der Waals surface area (Å²) in [5, 5.41) is 10.9. The van der Waals surface area contributed by atoms with E-state index in [1.807, 2.05) is 38.2 Å². The Labute approximate surface area is 160 Å². The summed E-state index contributed by atoms with van der Waals surface area (Å²) in [5.41, 5.74) is 1.39. The summed E-state index contributed by atoms with van der Waals surface area (Å²) in [6.45, 7) is 5.58. The van der Waals surface area contributed by atoms with Crippen LogP contribution in [0.1, 0.15) is 36.9 Å². The van der Waals surface area contributed by atoms with Crippen molar-refractivity contribution >= 4 is 5.91 Å². The molecule has 3 rings (SSSR count). The number of amides is 1. The Kier molecular flexibility index (Phi) is 5.70. The SMILES string of the molecule is COc1cc(C)c(C(C)NC(=O)C2(n3cccn3)CCNCC2)cc1OC. The van der Waals surface area contributed by atoms with Crippen molar-refractivity contribution in [1.29, 1.82) is 0 Å². The summed E-state index contributed by atoms with van der Waals surface area (Å²) < 4.78 is 12.6. The first kappa shape index (κ1) is 19.2. The number of hydrogen-bond acceptors (Lipinski definition) is 5. The highest BCUT2D eigenvalue weighted by Crippen LogP contribution is 2.34. The van der Waals surface area contributed by atoms with Crippen LogP contribution in [0.4, 0.5) is 0 Å². The van der Waals surface area contributed by atoms with Crippen molar-refractivity contribution in [2.45, 2.75) is 38.3 Å². The predicted molar refractivity (Wildman–Crippen MR) is 103 cm³/mol. The molecule has 0 radical (unpaired) electrons. The third-order valence-corrected chi connectivity index (χ3v) is 5.38. The van der Waals surface area contributed by atoms with E-state index in [1.54, 1.807) is 25.1 Å². The van der Waals surface area contributed by atoms with Gasteiger partial charge < -0.3 is 20.1 Å². The molecule has 2 N–H and O–H groups in total. The van der Waals surface area contributed by atoms with Gasteiger partial charge in [-0.2, -0.15) is 5.10 Å². The van der Waals surface area contributed by atoms with Gasteiger partial charge in [0.2, 0.25) is 5.91 Å².